The summed E-state index contributed by atoms with van der Waals surface area (Å²) < 4.78 is 0. The first-order valence-corrected chi connectivity index (χ1v) is 12.1. The Morgan fingerprint density at radius 2 is 2.00 bits per heavy atom. The zero-order chi connectivity index (χ0) is 24.0. The van der Waals surface area contributed by atoms with E-state index in [2.05, 4.69) is 32.7 Å². The molecule has 0 aliphatic heterocycles. The van der Waals surface area contributed by atoms with Gasteiger partial charge in [-0.3, -0.25) is 9.59 Å². The van der Waals surface area contributed by atoms with Crippen LogP contribution in [0.5, 0.6) is 0 Å². The molecule has 2 aliphatic rings. The van der Waals surface area contributed by atoms with Crippen LogP contribution in [0.25, 0.3) is 0 Å². The van der Waals surface area contributed by atoms with E-state index in [4.69, 9.17) is 0 Å². The van der Waals surface area contributed by atoms with Gasteiger partial charge in [0, 0.05) is 12.6 Å². The van der Waals surface area contributed by atoms with Crippen LogP contribution in [0.3, 0.4) is 0 Å². The monoisotopic (exact) mass is 447 g/mol. The molecule has 4 nitrogen and oxygen atoms in total. The van der Waals surface area contributed by atoms with Crippen molar-refractivity contribution >= 4 is 11.6 Å². The first-order valence-electron chi connectivity index (χ1n) is 12.1. The molecular formula is C29H37NO3. The van der Waals surface area contributed by atoms with Crippen LogP contribution >= 0.6 is 0 Å². The van der Waals surface area contributed by atoms with Crippen LogP contribution in [0, 0.1) is 11.3 Å². The molecule has 1 fully saturated rings. The van der Waals surface area contributed by atoms with Gasteiger partial charge in [-0.25, -0.2) is 0 Å². The summed E-state index contributed by atoms with van der Waals surface area (Å²) in [6, 6.07) is 9.99. The third kappa shape index (κ3) is 6.13. The van der Waals surface area contributed by atoms with Gasteiger partial charge in [0.1, 0.15) is 5.76 Å². The van der Waals surface area contributed by atoms with Crippen molar-refractivity contribution in [3.05, 3.63) is 82.8 Å². The number of aliphatic hydroxyl groups excluding tert-OH is 1. The molecule has 0 heterocycles. The van der Waals surface area contributed by atoms with E-state index in [0.29, 0.717) is 18.2 Å². The third-order valence-electron chi connectivity index (χ3n) is 7.35. The highest BCUT2D eigenvalue weighted by atomic mass is 16.3. The molecule has 3 rings (SSSR count). The summed E-state index contributed by atoms with van der Waals surface area (Å²) in [7, 11) is 0. The average molecular weight is 448 g/mol. The Kier molecular flexibility index (Phi) is 8.12. The highest BCUT2D eigenvalue weighted by Crippen LogP contribution is 2.46. The molecule has 2 N–H and O–H groups in total. The second-order valence-electron chi connectivity index (χ2n) is 9.87. The first kappa shape index (κ1) is 24.8. The molecule has 0 saturated heterocycles. The fourth-order valence-corrected chi connectivity index (χ4v) is 4.86. The molecule has 4 heteroatoms. The minimum atomic E-state index is -0.619. The topological polar surface area (TPSA) is 66.4 Å². The summed E-state index contributed by atoms with van der Waals surface area (Å²) >= 11 is 0. The van der Waals surface area contributed by atoms with Crippen molar-refractivity contribution < 1.29 is 14.7 Å². The Morgan fingerprint density at radius 3 is 2.73 bits per heavy atom. The summed E-state index contributed by atoms with van der Waals surface area (Å²) in [4.78, 5) is 24.7. The number of hydrogen-bond acceptors (Lipinski definition) is 4. The van der Waals surface area contributed by atoms with Crippen LogP contribution in [0.15, 0.2) is 77.2 Å². The van der Waals surface area contributed by atoms with Crippen molar-refractivity contribution in [1.29, 1.82) is 0 Å². The highest BCUT2D eigenvalue weighted by molar-refractivity contribution is 6.48. The maximum absolute atomic E-state index is 12.4. The predicted octanol–water partition coefficient (Wildman–Crippen LogP) is 6.17. The third-order valence-corrected chi connectivity index (χ3v) is 7.35. The molecule has 2 atom stereocenters. The summed E-state index contributed by atoms with van der Waals surface area (Å²) in [5, 5.41) is 13.8. The van der Waals surface area contributed by atoms with Gasteiger partial charge in [-0.2, -0.15) is 0 Å². The van der Waals surface area contributed by atoms with Crippen LogP contribution in [-0.2, 0) is 16.0 Å². The molecule has 2 aliphatic carbocycles. The van der Waals surface area contributed by atoms with E-state index in [1.807, 2.05) is 36.4 Å². The molecule has 0 amide bonds. The van der Waals surface area contributed by atoms with Crippen LogP contribution in [0.2, 0.25) is 0 Å². The second-order valence-corrected chi connectivity index (χ2v) is 9.87. The lowest BCUT2D eigenvalue weighted by Crippen LogP contribution is -2.28. The molecule has 1 aromatic carbocycles. The average Bonchev–Trinajstić information content (AvgIpc) is 2.80. The van der Waals surface area contributed by atoms with E-state index in [-0.39, 0.29) is 23.2 Å². The quantitative estimate of drug-likeness (QED) is 0.270. The van der Waals surface area contributed by atoms with E-state index in [1.165, 1.54) is 30.9 Å². The Labute approximate surface area is 198 Å². The SMILES string of the molecule is C=C1[C@H](C)CCC[C@]1(C)CC/C(C)=C/CC1=C(O)C(NCCc2ccccc2)=CC(=O)C1=O. The maximum atomic E-state index is 12.4. The van der Waals surface area contributed by atoms with Crippen LogP contribution in [0.1, 0.15) is 64.9 Å². The van der Waals surface area contributed by atoms with E-state index in [0.717, 1.165) is 30.4 Å². The minimum Gasteiger partial charge on any atom is -0.505 e. The molecule has 176 valence electrons. The van der Waals surface area contributed by atoms with Gasteiger partial charge in [0.15, 0.2) is 0 Å². The van der Waals surface area contributed by atoms with Crippen molar-refractivity contribution in [1.82, 2.24) is 5.32 Å². The number of aliphatic hydroxyl groups is 1. The molecular weight excluding hydrogens is 410 g/mol. The van der Waals surface area contributed by atoms with Gasteiger partial charge in [-0.05, 0) is 62.3 Å². The number of carbonyl (C=O) groups excluding carboxylic acids is 2. The summed E-state index contributed by atoms with van der Waals surface area (Å²) in [5.74, 6) is -0.749. The fraction of sp³-hybridized carbons (Fsp3) is 0.448. The van der Waals surface area contributed by atoms with Crippen LogP contribution in [-0.4, -0.2) is 23.2 Å². The molecule has 0 radical (unpaired) electrons. The fourth-order valence-electron chi connectivity index (χ4n) is 4.86. The predicted molar refractivity (Wildman–Crippen MR) is 134 cm³/mol. The molecule has 0 spiro atoms. The van der Waals surface area contributed by atoms with Crippen LogP contribution in [0.4, 0.5) is 0 Å². The molecule has 1 saturated carbocycles. The van der Waals surface area contributed by atoms with Crippen molar-refractivity contribution in [2.75, 3.05) is 6.54 Å². The van der Waals surface area contributed by atoms with Crippen molar-refractivity contribution in [3.63, 3.8) is 0 Å². The Morgan fingerprint density at radius 1 is 1.27 bits per heavy atom. The number of benzene rings is 1. The van der Waals surface area contributed by atoms with Gasteiger partial charge < -0.3 is 10.4 Å². The lowest BCUT2D eigenvalue weighted by Gasteiger charge is -2.40. The van der Waals surface area contributed by atoms with Crippen molar-refractivity contribution in [2.45, 2.75) is 65.7 Å². The first-order chi connectivity index (χ1) is 15.7. The van der Waals surface area contributed by atoms with Crippen LogP contribution < -0.4 is 5.32 Å². The lowest BCUT2D eigenvalue weighted by molar-refractivity contribution is -0.131. The van der Waals surface area contributed by atoms with E-state index < -0.39 is 11.6 Å². The Bertz CT molecular complexity index is 999. The largest absolute Gasteiger partial charge is 0.505 e. The van der Waals surface area contributed by atoms with E-state index in [9.17, 15) is 14.7 Å². The number of rotatable bonds is 9. The molecule has 0 aromatic heterocycles. The number of ketones is 2. The number of hydrogen-bond donors (Lipinski definition) is 2. The Hall–Kier alpha value is -2.88. The van der Waals surface area contributed by atoms with Gasteiger partial charge >= 0.3 is 0 Å². The summed E-state index contributed by atoms with van der Waals surface area (Å²) in [5.41, 5.74) is 4.34. The molecule has 0 bridgehead atoms. The highest BCUT2D eigenvalue weighted by Gasteiger charge is 2.33. The number of Topliss-reactive ketones (excluding diaryl/α,β-unsaturated/α-hetero) is 1. The van der Waals surface area contributed by atoms with Gasteiger partial charge in [0.2, 0.25) is 11.6 Å². The number of allylic oxidation sites excluding steroid dienone is 5. The van der Waals surface area contributed by atoms with Crippen molar-refractivity contribution in [2.24, 2.45) is 11.3 Å². The zero-order valence-electron chi connectivity index (χ0n) is 20.2. The zero-order valence-corrected chi connectivity index (χ0v) is 20.2. The molecule has 33 heavy (non-hydrogen) atoms. The van der Waals surface area contributed by atoms with E-state index in [1.54, 1.807) is 0 Å². The normalized spacial score (nSPS) is 24.2. The van der Waals surface area contributed by atoms with Gasteiger partial charge in [0.05, 0.1) is 11.3 Å². The van der Waals surface area contributed by atoms with Gasteiger partial charge in [-0.1, -0.05) is 74.4 Å². The summed E-state index contributed by atoms with van der Waals surface area (Å²) in [6.45, 7) is 11.6. The van der Waals surface area contributed by atoms with Crippen molar-refractivity contribution in [3.8, 4) is 0 Å². The summed E-state index contributed by atoms with van der Waals surface area (Å²) in [6.07, 6.45) is 9.77. The van der Waals surface area contributed by atoms with E-state index >= 15 is 0 Å². The number of carbonyl (C=O) groups is 2. The molecule has 0 unspecified atom stereocenters. The second kappa shape index (κ2) is 10.8. The Balaban J connectivity index is 1.61. The number of nitrogens with one attached hydrogen (secondary N) is 1. The van der Waals surface area contributed by atoms with Gasteiger partial charge in [-0.15, -0.1) is 0 Å². The smallest absolute Gasteiger partial charge is 0.233 e. The van der Waals surface area contributed by atoms with Gasteiger partial charge in [0.25, 0.3) is 0 Å². The molecule has 1 aromatic rings. The lowest BCUT2D eigenvalue weighted by atomic mass is 9.65. The minimum absolute atomic E-state index is 0.113. The standard InChI is InChI=1S/C29H37NO3/c1-20(14-17-29(4)16-8-9-21(2)22(29)3)12-13-24-27(32)25(19-26(31)28(24)33)30-18-15-23-10-6-5-7-11-23/h5-7,10-12,19,21,30,32H,3,8-9,13-18H2,1-2,4H3/b20-12+/t21-,29-/m1/s1. The maximum Gasteiger partial charge on any atom is 0.233 e.